The lowest BCUT2D eigenvalue weighted by Crippen LogP contribution is -2.27. The smallest absolute Gasteiger partial charge is 0.336 e. The minimum atomic E-state index is -0.294. The molecule has 1 aromatic rings. The Morgan fingerprint density at radius 2 is 1.94 bits per heavy atom. The van der Waals surface area contributed by atoms with Gasteiger partial charge in [-0.05, 0) is 32.4 Å². The Morgan fingerprint density at radius 3 is 2.47 bits per heavy atom. The van der Waals surface area contributed by atoms with Gasteiger partial charge in [0.05, 0.1) is 12.2 Å². The fourth-order valence-electron chi connectivity index (χ4n) is 1.46. The summed E-state index contributed by atoms with van der Waals surface area (Å²) in [5, 5.41) is 1.59. The highest BCUT2D eigenvalue weighted by atomic mass is 16.7. The topological polar surface area (TPSA) is 29.5 Å². The fraction of sp³-hybridized carbons (Fsp3) is 0.357. The molecule has 1 aromatic carbocycles. The molecule has 0 aliphatic carbocycles. The van der Waals surface area contributed by atoms with Crippen molar-refractivity contribution in [2.45, 2.75) is 27.2 Å². The number of rotatable bonds is 5. The Bertz CT molecular complexity index is 384. The second-order valence-corrected chi connectivity index (χ2v) is 3.70. The van der Waals surface area contributed by atoms with Crippen LogP contribution in [0, 0.1) is 0 Å². The number of nitrogens with zero attached hydrogens (tertiary/aromatic N) is 1. The zero-order valence-electron chi connectivity index (χ0n) is 10.6. The molecule has 3 nitrogen and oxygen atoms in total. The van der Waals surface area contributed by atoms with Crippen molar-refractivity contribution in [2.24, 2.45) is 0 Å². The first kappa shape index (κ1) is 13.3. The molecule has 0 aliphatic heterocycles. The van der Waals surface area contributed by atoms with Crippen LogP contribution in [0.4, 0.5) is 5.69 Å². The van der Waals surface area contributed by atoms with Gasteiger partial charge in [0.15, 0.2) is 0 Å². The molecular weight excluding hydrogens is 214 g/mol. The quantitative estimate of drug-likeness (QED) is 0.577. The zero-order valence-corrected chi connectivity index (χ0v) is 10.6. The highest BCUT2D eigenvalue weighted by molar-refractivity contribution is 5.88. The lowest BCUT2D eigenvalue weighted by atomic mass is 10.2. The maximum absolute atomic E-state index is 11.7. The third kappa shape index (κ3) is 3.94. The van der Waals surface area contributed by atoms with Gasteiger partial charge in [-0.25, -0.2) is 9.86 Å². The van der Waals surface area contributed by atoms with Crippen LogP contribution in [-0.4, -0.2) is 12.5 Å². The normalized spacial score (nSPS) is 11.1. The monoisotopic (exact) mass is 233 g/mol. The maximum Gasteiger partial charge on any atom is 0.358 e. The van der Waals surface area contributed by atoms with Crippen LogP contribution in [0.3, 0.4) is 0 Å². The highest BCUT2D eigenvalue weighted by Crippen LogP contribution is 2.14. The van der Waals surface area contributed by atoms with Gasteiger partial charge in [-0.1, -0.05) is 31.2 Å². The first-order valence-electron chi connectivity index (χ1n) is 5.90. The van der Waals surface area contributed by atoms with Gasteiger partial charge in [-0.3, -0.25) is 0 Å². The number of carbonyl (C=O) groups excluding carboxylic acids is 1. The summed E-state index contributed by atoms with van der Waals surface area (Å²) in [5.41, 5.74) is 1.52. The Labute approximate surface area is 103 Å². The number of hydrogen-bond acceptors (Lipinski definition) is 3. The number of hydroxylamine groups is 1. The van der Waals surface area contributed by atoms with Crippen LogP contribution in [0.25, 0.3) is 0 Å². The van der Waals surface area contributed by atoms with Crippen molar-refractivity contribution >= 4 is 11.7 Å². The van der Waals surface area contributed by atoms with E-state index in [1.807, 2.05) is 50.3 Å². The maximum atomic E-state index is 11.7. The largest absolute Gasteiger partial charge is 0.358 e. The molecule has 0 radical (unpaired) electrons. The lowest BCUT2D eigenvalue weighted by Gasteiger charge is -2.21. The van der Waals surface area contributed by atoms with E-state index in [-0.39, 0.29) is 5.97 Å². The van der Waals surface area contributed by atoms with Gasteiger partial charge in [0.2, 0.25) is 0 Å². The summed E-state index contributed by atoms with van der Waals surface area (Å²) in [6.45, 7) is 6.32. The van der Waals surface area contributed by atoms with E-state index in [1.165, 1.54) is 0 Å². The average molecular weight is 233 g/mol. The third-order valence-corrected chi connectivity index (χ3v) is 2.36. The number of hydrogen-bond donors (Lipinski definition) is 0. The van der Waals surface area contributed by atoms with E-state index < -0.39 is 0 Å². The van der Waals surface area contributed by atoms with E-state index in [0.717, 1.165) is 12.1 Å². The molecule has 0 unspecified atom stereocenters. The van der Waals surface area contributed by atoms with Crippen LogP contribution in [0.1, 0.15) is 27.2 Å². The fourth-order valence-corrected chi connectivity index (χ4v) is 1.46. The second-order valence-electron chi connectivity index (χ2n) is 3.70. The summed E-state index contributed by atoms with van der Waals surface area (Å²) >= 11 is 0. The van der Waals surface area contributed by atoms with Gasteiger partial charge < -0.3 is 4.84 Å². The Morgan fingerprint density at radius 1 is 1.29 bits per heavy atom. The molecule has 0 saturated carbocycles. The molecule has 92 valence electrons. The average Bonchev–Trinajstić information content (AvgIpc) is 2.37. The molecule has 0 N–H and O–H groups in total. The molecule has 0 heterocycles. The van der Waals surface area contributed by atoms with Gasteiger partial charge in [0.1, 0.15) is 0 Å². The molecule has 0 bridgehead atoms. The molecular formula is C14H19NO2. The summed E-state index contributed by atoms with van der Waals surface area (Å²) in [5.74, 6) is -0.294. The van der Waals surface area contributed by atoms with Crippen LogP contribution in [0.2, 0.25) is 0 Å². The third-order valence-electron chi connectivity index (χ3n) is 2.36. The molecule has 17 heavy (non-hydrogen) atoms. The van der Waals surface area contributed by atoms with Crippen molar-refractivity contribution in [3.63, 3.8) is 0 Å². The van der Waals surface area contributed by atoms with Crippen molar-refractivity contribution in [1.29, 1.82) is 0 Å². The number of allylic oxidation sites excluding steroid dienone is 1. The van der Waals surface area contributed by atoms with E-state index in [9.17, 15) is 4.79 Å². The van der Waals surface area contributed by atoms with Gasteiger partial charge >= 0.3 is 5.97 Å². The van der Waals surface area contributed by atoms with E-state index in [0.29, 0.717) is 12.1 Å². The van der Waals surface area contributed by atoms with Crippen molar-refractivity contribution in [3.8, 4) is 0 Å². The van der Waals surface area contributed by atoms with E-state index in [4.69, 9.17) is 4.84 Å². The van der Waals surface area contributed by atoms with Crippen molar-refractivity contribution in [3.05, 3.63) is 42.0 Å². The van der Waals surface area contributed by atoms with Crippen LogP contribution in [0.15, 0.2) is 42.0 Å². The van der Waals surface area contributed by atoms with Crippen molar-refractivity contribution < 1.29 is 9.63 Å². The van der Waals surface area contributed by atoms with E-state index in [2.05, 4.69) is 0 Å². The molecule has 0 spiro atoms. The van der Waals surface area contributed by atoms with E-state index in [1.54, 1.807) is 12.0 Å². The Hall–Kier alpha value is -1.77. The minimum Gasteiger partial charge on any atom is -0.336 e. The summed E-state index contributed by atoms with van der Waals surface area (Å²) < 4.78 is 0. The summed E-state index contributed by atoms with van der Waals surface area (Å²) in [6.07, 6.45) is 2.69. The zero-order chi connectivity index (χ0) is 12.7. The lowest BCUT2D eigenvalue weighted by molar-refractivity contribution is -0.140. The summed E-state index contributed by atoms with van der Waals surface area (Å²) in [4.78, 5) is 17.1. The van der Waals surface area contributed by atoms with Gasteiger partial charge in [-0.15, -0.1) is 0 Å². The van der Waals surface area contributed by atoms with Crippen molar-refractivity contribution in [2.75, 3.05) is 11.6 Å². The summed E-state index contributed by atoms with van der Waals surface area (Å²) in [6, 6.07) is 9.59. The SMILES string of the molecule is CCC=C(C)C(=O)ON(CC)c1ccccc1. The van der Waals surface area contributed by atoms with Crippen LogP contribution in [0.5, 0.6) is 0 Å². The predicted octanol–water partition coefficient (Wildman–Crippen LogP) is 3.33. The Balaban J connectivity index is 2.72. The predicted molar refractivity (Wildman–Crippen MR) is 69.6 cm³/mol. The molecule has 0 saturated heterocycles. The molecule has 0 amide bonds. The first-order valence-corrected chi connectivity index (χ1v) is 5.90. The Kier molecular flexibility index (Phi) is 5.27. The van der Waals surface area contributed by atoms with Gasteiger partial charge in [-0.2, -0.15) is 0 Å². The van der Waals surface area contributed by atoms with E-state index >= 15 is 0 Å². The number of anilines is 1. The van der Waals surface area contributed by atoms with Gasteiger partial charge in [0, 0.05) is 5.57 Å². The summed E-state index contributed by atoms with van der Waals surface area (Å²) in [7, 11) is 0. The number of para-hydroxylation sites is 1. The molecule has 1 rings (SSSR count). The van der Waals surface area contributed by atoms with Crippen molar-refractivity contribution in [1.82, 2.24) is 0 Å². The highest BCUT2D eigenvalue weighted by Gasteiger charge is 2.12. The number of benzene rings is 1. The number of carbonyl (C=O) groups is 1. The standard InChI is InChI=1S/C14H19NO2/c1-4-9-12(3)14(16)17-15(5-2)13-10-7-6-8-11-13/h6-11H,4-5H2,1-3H3. The van der Waals surface area contributed by atoms with Crippen LogP contribution >= 0.6 is 0 Å². The molecule has 3 heteroatoms. The second kappa shape index (κ2) is 6.74. The van der Waals surface area contributed by atoms with Gasteiger partial charge in [0.25, 0.3) is 0 Å². The molecule has 0 atom stereocenters. The van der Waals surface area contributed by atoms with Crippen LogP contribution in [-0.2, 0) is 9.63 Å². The van der Waals surface area contributed by atoms with Crippen LogP contribution < -0.4 is 5.06 Å². The molecule has 0 aliphatic rings. The minimum absolute atomic E-state index is 0.294. The molecule has 0 aromatic heterocycles. The first-order chi connectivity index (χ1) is 8.19. The molecule has 0 fully saturated rings.